The van der Waals surface area contributed by atoms with Gasteiger partial charge in [-0.3, -0.25) is 0 Å². The monoisotopic (exact) mass is 322 g/mol. The second-order valence-electron chi connectivity index (χ2n) is 3.81. The Balaban J connectivity index is 0.000000885. The maximum atomic E-state index is 4.54. The zero-order valence-electron chi connectivity index (χ0n) is 12.7. The SMILES string of the molecule is C=C/C(=C\C=C/C)N=Nc1cc(S)cc(S)c1.CCOC. The number of hydrogen-bond acceptors (Lipinski definition) is 5. The third kappa shape index (κ3) is 10.1. The molecule has 114 valence electrons. The van der Waals surface area contributed by atoms with Crippen molar-refractivity contribution in [3.8, 4) is 0 Å². The molecule has 0 bridgehead atoms. The highest BCUT2D eigenvalue weighted by molar-refractivity contribution is 7.81. The summed E-state index contributed by atoms with van der Waals surface area (Å²) in [6.07, 6.45) is 7.28. The van der Waals surface area contributed by atoms with Gasteiger partial charge in [-0.25, -0.2) is 0 Å². The van der Waals surface area contributed by atoms with Crippen molar-refractivity contribution in [3.05, 3.63) is 54.8 Å². The lowest BCUT2D eigenvalue weighted by Crippen LogP contribution is -1.73. The van der Waals surface area contributed by atoms with E-state index in [1.165, 1.54) is 0 Å². The van der Waals surface area contributed by atoms with Crippen LogP contribution in [0.3, 0.4) is 0 Å². The van der Waals surface area contributed by atoms with Gasteiger partial charge in [-0.1, -0.05) is 18.7 Å². The van der Waals surface area contributed by atoms with Gasteiger partial charge in [0.1, 0.15) is 0 Å². The lowest BCUT2D eigenvalue weighted by Gasteiger charge is -1.97. The summed E-state index contributed by atoms with van der Waals surface area (Å²) in [5.74, 6) is 0. The number of azo groups is 1. The largest absolute Gasteiger partial charge is 0.385 e. The second kappa shape index (κ2) is 12.4. The van der Waals surface area contributed by atoms with Crippen LogP contribution in [0, 0.1) is 0 Å². The fraction of sp³-hybridized carbons (Fsp3) is 0.250. The highest BCUT2D eigenvalue weighted by Gasteiger charge is 1.95. The van der Waals surface area contributed by atoms with Crippen molar-refractivity contribution in [1.29, 1.82) is 0 Å². The highest BCUT2D eigenvalue weighted by Crippen LogP contribution is 2.23. The van der Waals surface area contributed by atoms with Crippen molar-refractivity contribution < 1.29 is 4.74 Å². The van der Waals surface area contributed by atoms with Crippen LogP contribution in [0.15, 0.2) is 74.8 Å². The maximum Gasteiger partial charge on any atom is 0.0879 e. The third-order valence-corrected chi connectivity index (χ3v) is 2.64. The fourth-order valence-corrected chi connectivity index (χ4v) is 1.73. The third-order valence-electron chi connectivity index (χ3n) is 2.13. The molecule has 0 spiro atoms. The van der Waals surface area contributed by atoms with Crippen LogP contribution in [0.1, 0.15) is 13.8 Å². The van der Waals surface area contributed by atoms with E-state index in [4.69, 9.17) is 0 Å². The number of ether oxygens (including phenoxy) is 1. The summed E-state index contributed by atoms with van der Waals surface area (Å²) >= 11 is 8.50. The van der Waals surface area contributed by atoms with Crippen LogP contribution in [0.25, 0.3) is 0 Å². The Morgan fingerprint density at radius 2 is 1.86 bits per heavy atom. The van der Waals surface area contributed by atoms with Gasteiger partial charge in [0.2, 0.25) is 0 Å². The molecule has 0 atom stereocenters. The number of rotatable bonds is 5. The van der Waals surface area contributed by atoms with E-state index < -0.39 is 0 Å². The molecule has 3 nitrogen and oxygen atoms in total. The average Bonchev–Trinajstić information content (AvgIpc) is 2.47. The normalized spacial score (nSPS) is 11.6. The molecule has 0 radical (unpaired) electrons. The summed E-state index contributed by atoms with van der Waals surface area (Å²) in [6, 6.07) is 5.49. The van der Waals surface area contributed by atoms with Gasteiger partial charge in [-0.2, -0.15) is 10.2 Å². The molecule has 0 aliphatic carbocycles. The summed E-state index contributed by atoms with van der Waals surface area (Å²) in [7, 11) is 1.68. The first-order chi connectivity index (χ1) is 10.1. The van der Waals surface area contributed by atoms with Crippen molar-refractivity contribution in [3.63, 3.8) is 0 Å². The Hall–Kier alpha value is -1.30. The molecule has 0 aromatic heterocycles. The summed E-state index contributed by atoms with van der Waals surface area (Å²) in [4.78, 5) is 1.62. The number of thiol groups is 2. The number of hydrogen-bond donors (Lipinski definition) is 2. The Labute approximate surface area is 138 Å². The van der Waals surface area contributed by atoms with Crippen LogP contribution in [0.2, 0.25) is 0 Å². The molecular weight excluding hydrogens is 300 g/mol. The van der Waals surface area contributed by atoms with Crippen LogP contribution in [-0.4, -0.2) is 13.7 Å². The zero-order valence-corrected chi connectivity index (χ0v) is 14.4. The maximum absolute atomic E-state index is 4.54. The van der Waals surface area contributed by atoms with E-state index in [-0.39, 0.29) is 0 Å². The minimum atomic E-state index is 0.702. The first-order valence-corrected chi connectivity index (χ1v) is 7.35. The van der Waals surface area contributed by atoms with Gasteiger partial charge in [0, 0.05) is 23.5 Å². The topological polar surface area (TPSA) is 34.0 Å². The highest BCUT2D eigenvalue weighted by atomic mass is 32.1. The van der Waals surface area contributed by atoms with E-state index >= 15 is 0 Å². The zero-order chi connectivity index (χ0) is 16.1. The lowest BCUT2D eigenvalue weighted by molar-refractivity contribution is 0.215. The Morgan fingerprint density at radius 3 is 2.29 bits per heavy atom. The molecule has 0 aliphatic heterocycles. The molecule has 0 aliphatic rings. The molecule has 0 amide bonds. The van der Waals surface area contributed by atoms with Crippen molar-refractivity contribution in [1.82, 2.24) is 0 Å². The average molecular weight is 322 g/mol. The van der Waals surface area contributed by atoms with E-state index in [2.05, 4.69) is 46.8 Å². The summed E-state index contributed by atoms with van der Waals surface area (Å²) < 4.78 is 4.54. The molecule has 0 saturated heterocycles. The summed E-state index contributed by atoms with van der Waals surface area (Å²) in [6.45, 7) is 8.39. The quantitative estimate of drug-likeness (QED) is 0.410. The second-order valence-corrected chi connectivity index (χ2v) is 4.84. The molecular formula is C16H22N2OS2. The van der Waals surface area contributed by atoms with Crippen LogP contribution in [-0.2, 0) is 4.74 Å². The van der Waals surface area contributed by atoms with E-state index in [1.54, 1.807) is 13.2 Å². The van der Waals surface area contributed by atoms with Gasteiger partial charge >= 0.3 is 0 Å². The van der Waals surface area contributed by atoms with E-state index in [9.17, 15) is 0 Å². The number of allylic oxidation sites excluding steroid dienone is 4. The van der Waals surface area contributed by atoms with Crippen LogP contribution >= 0.6 is 25.3 Å². The van der Waals surface area contributed by atoms with Gasteiger partial charge in [0.15, 0.2) is 0 Å². The van der Waals surface area contributed by atoms with Crippen molar-refractivity contribution in [2.75, 3.05) is 13.7 Å². The Morgan fingerprint density at radius 1 is 1.29 bits per heavy atom. The lowest BCUT2D eigenvalue weighted by atomic mass is 10.3. The van der Waals surface area contributed by atoms with E-state index in [0.717, 1.165) is 22.1 Å². The molecule has 21 heavy (non-hydrogen) atoms. The van der Waals surface area contributed by atoms with Crippen LogP contribution in [0.4, 0.5) is 5.69 Å². The molecule has 0 unspecified atom stereocenters. The van der Waals surface area contributed by atoms with E-state index in [0.29, 0.717) is 5.70 Å². The first-order valence-electron chi connectivity index (χ1n) is 6.46. The molecule has 0 N–H and O–H groups in total. The molecule has 1 aromatic carbocycles. The molecule has 1 aromatic rings. The first kappa shape index (κ1) is 19.7. The van der Waals surface area contributed by atoms with Crippen molar-refractivity contribution in [2.45, 2.75) is 23.6 Å². The molecule has 0 fully saturated rings. The minimum Gasteiger partial charge on any atom is -0.385 e. The fourth-order valence-electron chi connectivity index (χ4n) is 1.09. The van der Waals surface area contributed by atoms with Gasteiger partial charge in [0.25, 0.3) is 0 Å². The smallest absolute Gasteiger partial charge is 0.0879 e. The van der Waals surface area contributed by atoms with Crippen LogP contribution in [0.5, 0.6) is 0 Å². The van der Waals surface area contributed by atoms with E-state index in [1.807, 2.05) is 50.3 Å². The van der Waals surface area contributed by atoms with Crippen LogP contribution < -0.4 is 0 Å². The van der Waals surface area contributed by atoms with Gasteiger partial charge < -0.3 is 4.74 Å². The molecule has 0 saturated carbocycles. The Kier molecular flexibility index (Phi) is 11.7. The number of benzene rings is 1. The Bertz CT molecular complexity index is 501. The van der Waals surface area contributed by atoms with Gasteiger partial charge in [0.05, 0.1) is 11.4 Å². The predicted molar refractivity (Wildman–Crippen MR) is 96.1 cm³/mol. The molecule has 1 rings (SSSR count). The minimum absolute atomic E-state index is 0.702. The summed E-state index contributed by atoms with van der Waals surface area (Å²) in [5, 5.41) is 8.19. The van der Waals surface area contributed by atoms with Gasteiger partial charge in [-0.05, 0) is 44.2 Å². The molecule has 0 heterocycles. The van der Waals surface area contributed by atoms with Crippen molar-refractivity contribution in [2.24, 2.45) is 10.2 Å². The molecule has 5 heteroatoms. The van der Waals surface area contributed by atoms with Gasteiger partial charge in [-0.15, -0.1) is 25.3 Å². The number of methoxy groups -OCH3 is 1. The summed E-state index contributed by atoms with van der Waals surface area (Å²) in [5.41, 5.74) is 1.42. The number of nitrogens with zero attached hydrogens (tertiary/aromatic N) is 2. The standard InChI is InChI=1S/C13H14N2S2.C3H8O/c1-3-5-6-10(4-2)14-15-11-7-12(16)9-13(17)8-11;1-3-4-2/h3-9,16-17H,2H2,1H3;3H2,1-2H3/b5-3-,10-6+,15-14?;. The van der Waals surface area contributed by atoms with Crippen molar-refractivity contribution >= 4 is 30.9 Å². The predicted octanol–water partition coefficient (Wildman–Crippen LogP) is 5.65.